The summed E-state index contributed by atoms with van der Waals surface area (Å²) in [5, 5.41) is 18.9. The van der Waals surface area contributed by atoms with Crippen LogP contribution in [-0.2, 0) is 17.8 Å². The summed E-state index contributed by atoms with van der Waals surface area (Å²) in [6.45, 7) is -0.0309. The molecule has 1 amide bonds. The van der Waals surface area contributed by atoms with E-state index in [0.717, 1.165) is 19.3 Å². The third kappa shape index (κ3) is 3.30. The fourth-order valence-electron chi connectivity index (χ4n) is 2.44. The molecule has 7 nitrogen and oxygen atoms in total. The quantitative estimate of drug-likeness (QED) is 0.825. The fourth-order valence-corrected chi connectivity index (χ4v) is 2.44. The number of rotatable bonds is 6. The summed E-state index contributed by atoms with van der Waals surface area (Å²) in [7, 11) is 0. The molecule has 3 rings (SSSR count). The molecular weight excluding hydrogens is 284 g/mol. The van der Waals surface area contributed by atoms with Crippen LogP contribution in [0, 0.1) is 0 Å². The van der Waals surface area contributed by atoms with Crippen molar-refractivity contribution in [1.82, 2.24) is 20.3 Å². The van der Waals surface area contributed by atoms with Crippen LogP contribution in [0.15, 0.2) is 36.5 Å². The molecule has 2 aromatic rings. The third-order valence-corrected chi connectivity index (χ3v) is 3.71. The van der Waals surface area contributed by atoms with Gasteiger partial charge in [0.2, 0.25) is 5.91 Å². The second-order valence-electron chi connectivity index (χ2n) is 5.60. The lowest BCUT2D eigenvalue weighted by Gasteiger charge is -2.17. The van der Waals surface area contributed by atoms with Crippen molar-refractivity contribution in [2.75, 3.05) is 0 Å². The van der Waals surface area contributed by atoms with Crippen LogP contribution in [0.2, 0.25) is 0 Å². The molecule has 1 fully saturated rings. The molecule has 0 radical (unpaired) electrons. The minimum atomic E-state index is -1.16. The van der Waals surface area contributed by atoms with Gasteiger partial charge in [-0.15, -0.1) is 5.10 Å². The summed E-state index contributed by atoms with van der Waals surface area (Å²) in [5.74, 6) is -1.34. The largest absolute Gasteiger partial charge is 0.476 e. The van der Waals surface area contributed by atoms with Gasteiger partial charge in [-0.25, -0.2) is 9.48 Å². The van der Waals surface area contributed by atoms with Crippen molar-refractivity contribution >= 4 is 11.9 Å². The van der Waals surface area contributed by atoms with Crippen molar-refractivity contribution in [3.8, 4) is 0 Å². The molecule has 0 unspecified atom stereocenters. The summed E-state index contributed by atoms with van der Waals surface area (Å²) in [6, 6.07) is 10.0. The van der Waals surface area contributed by atoms with Crippen molar-refractivity contribution in [3.05, 3.63) is 47.8 Å². The third-order valence-electron chi connectivity index (χ3n) is 3.71. The summed E-state index contributed by atoms with van der Waals surface area (Å²) < 4.78 is 1.23. The van der Waals surface area contributed by atoms with Crippen molar-refractivity contribution in [1.29, 1.82) is 0 Å². The molecule has 22 heavy (non-hydrogen) atoms. The lowest BCUT2D eigenvalue weighted by Crippen LogP contribution is -2.40. The standard InChI is InChI=1S/C15H16N4O3/c20-13(10-19-9-12(14(21)22)17-18-19)16-15(6-7-15)8-11-4-2-1-3-5-11/h1-5,9H,6-8,10H2,(H,16,20)(H,21,22). The van der Waals surface area contributed by atoms with Gasteiger partial charge in [0.1, 0.15) is 6.54 Å². The number of aromatic nitrogens is 3. The summed E-state index contributed by atoms with van der Waals surface area (Å²) in [6.07, 6.45) is 3.95. The molecule has 1 aromatic heterocycles. The normalized spacial score (nSPS) is 15.3. The van der Waals surface area contributed by atoms with Gasteiger partial charge in [-0.3, -0.25) is 4.79 Å². The SMILES string of the molecule is O=C(Cn1cc(C(=O)O)nn1)NC1(Cc2ccccc2)CC1. The van der Waals surface area contributed by atoms with Crippen LogP contribution < -0.4 is 5.32 Å². The van der Waals surface area contributed by atoms with Crippen LogP contribution in [0.4, 0.5) is 0 Å². The molecule has 2 N–H and O–H groups in total. The average molecular weight is 300 g/mol. The van der Waals surface area contributed by atoms with Crippen LogP contribution in [-0.4, -0.2) is 37.5 Å². The van der Waals surface area contributed by atoms with Crippen molar-refractivity contribution in [2.24, 2.45) is 0 Å². The highest BCUT2D eigenvalue weighted by Gasteiger charge is 2.43. The predicted octanol–water partition coefficient (Wildman–Crippen LogP) is 0.868. The number of carboxylic acid groups (broad SMARTS) is 1. The monoisotopic (exact) mass is 300 g/mol. The number of benzene rings is 1. The minimum Gasteiger partial charge on any atom is -0.476 e. The maximum absolute atomic E-state index is 12.1. The van der Waals surface area contributed by atoms with Crippen molar-refractivity contribution < 1.29 is 14.7 Å². The van der Waals surface area contributed by atoms with E-state index in [1.807, 2.05) is 30.3 Å². The Balaban J connectivity index is 1.58. The van der Waals surface area contributed by atoms with E-state index in [1.165, 1.54) is 16.4 Å². The smallest absolute Gasteiger partial charge is 0.358 e. The maximum Gasteiger partial charge on any atom is 0.358 e. The first-order valence-electron chi connectivity index (χ1n) is 7.05. The van der Waals surface area contributed by atoms with E-state index in [2.05, 4.69) is 15.6 Å². The summed E-state index contributed by atoms with van der Waals surface area (Å²) in [4.78, 5) is 22.8. The average Bonchev–Trinajstić information content (AvgIpc) is 3.05. The first-order chi connectivity index (χ1) is 10.6. The molecule has 7 heteroatoms. The first-order valence-corrected chi connectivity index (χ1v) is 7.05. The van der Waals surface area contributed by atoms with Gasteiger partial charge < -0.3 is 10.4 Å². The number of hydrogen-bond donors (Lipinski definition) is 2. The Morgan fingerprint density at radius 3 is 2.59 bits per heavy atom. The Kier molecular flexibility index (Phi) is 3.62. The molecule has 1 saturated carbocycles. The van der Waals surface area contributed by atoms with Crippen LogP contribution in [0.5, 0.6) is 0 Å². The fraction of sp³-hybridized carbons (Fsp3) is 0.333. The van der Waals surface area contributed by atoms with Crippen LogP contribution in [0.25, 0.3) is 0 Å². The van der Waals surface area contributed by atoms with E-state index in [1.54, 1.807) is 0 Å². The lowest BCUT2D eigenvalue weighted by molar-refractivity contribution is -0.122. The van der Waals surface area contributed by atoms with E-state index in [9.17, 15) is 9.59 Å². The zero-order valence-electron chi connectivity index (χ0n) is 11.9. The zero-order chi connectivity index (χ0) is 15.6. The first kappa shape index (κ1) is 14.2. The number of carbonyl (C=O) groups is 2. The number of aromatic carboxylic acids is 1. The Hall–Kier alpha value is -2.70. The Labute approximate surface area is 126 Å². The van der Waals surface area contributed by atoms with Crippen LogP contribution in [0.1, 0.15) is 28.9 Å². The summed E-state index contributed by atoms with van der Waals surface area (Å²) in [5.41, 5.74) is 0.849. The van der Waals surface area contributed by atoms with Gasteiger partial charge in [0.15, 0.2) is 5.69 Å². The molecule has 0 atom stereocenters. The number of amides is 1. The molecule has 1 aromatic carbocycles. The second-order valence-corrected chi connectivity index (χ2v) is 5.60. The molecule has 114 valence electrons. The van der Waals surface area contributed by atoms with Crippen molar-refractivity contribution in [3.63, 3.8) is 0 Å². The number of hydrogen-bond acceptors (Lipinski definition) is 4. The van der Waals surface area contributed by atoms with E-state index in [-0.39, 0.29) is 23.7 Å². The van der Waals surface area contributed by atoms with Crippen LogP contribution in [0.3, 0.4) is 0 Å². The van der Waals surface area contributed by atoms with Gasteiger partial charge in [0, 0.05) is 5.54 Å². The van der Waals surface area contributed by atoms with Crippen LogP contribution >= 0.6 is 0 Å². The molecule has 0 spiro atoms. The highest BCUT2D eigenvalue weighted by molar-refractivity contribution is 5.84. The zero-order valence-corrected chi connectivity index (χ0v) is 11.9. The van der Waals surface area contributed by atoms with Crippen molar-refractivity contribution in [2.45, 2.75) is 31.3 Å². The highest BCUT2D eigenvalue weighted by atomic mass is 16.4. The number of carboxylic acids is 1. The Morgan fingerprint density at radius 2 is 2.00 bits per heavy atom. The minimum absolute atomic E-state index is 0.0309. The molecule has 1 aliphatic rings. The second kappa shape index (κ2) is 5.59. The molecule has 1 heterocycles. The molecule has 0 aliphatic heterocycles. The molecule has 0 bridgehead atoms. The summed E-state index contributed by atoms with van der Waals surface area (Å²) >= 11 is 0. The predicted molar refractivity (Wildman–Crippen MR) is 77.2 cm³/mol. The Morgan fingerprint density at radius 1 is 1.27 bits per heavy atom. The van der Waals surface area contributed by atoms with Gasteiger partial charge in [-0.05, 0) is 24.8 Å². The van der Waals surface area contributed by atoms with E-state index >= 15 is 0 Å². The van der Waals surface area contributed by atoms with E-state index < -0.39 is 5.97 Å². The van der Waals surface area contributed by atoms with Gasteiger partial charge in [-0.2, -0.15) is 0 Å². The van der Waals surface area contributed by atoms with Gasteiger partial charge in [-0.1, -0.05) is 35.5 Å². The van der Waals surface area contributed by atoms with Gasteiger partial charge >= 0.3 is 5.97 Å². The number of carbonyl (C=O) groups excluding carboxylic acids is 1. The Bertz CT molecular complexity index is 692. The lowest BCUT2D eigenvalue weighted by atomic mass is 10.0. The van der Waals surface area contributed by atoms with Gasteiger partial charge in [0.05, 0.1) is 6.20 Å². The van der Waals surface area contributed by atoms with E-state index in [0.29, 0.717) is 0 Å². The van der Waals surface area contributed by atoms with Gasteiger partial charge in [0.25, 0.3) is 0 Å². The highest BCUT2D eigenvalue weighted by Crippen LogP contribution is 2.38. The topological polar surface area (TPSA) is 97.1 Å². The number of nitrogens with zero attached hydrogens (tertiary/aromatic N) is 3. The molecule has 1 aliphatic carbocycles. The molecule has 0 saturated heterocycles. The maximum atomic E-state index is 12.1. The molecular formula is C15H16N4O3. The van der Waals surface area contributed by atoms with E-state index in [4.69, 9.17) is 5.11 Å². The number of nitrogens with one attached hydrogen (secondary N) is 1.